The predicted molar refractivity (Wildman–Crippen MR) is 84.1 cm³/mol. The lowest BCUT2D eigenvalue weighted by atomic mass is 9.47. The van der Waals surface area contributed by atoms with Crippen LogP contribution in [0.2, 0.25) is 0 Å². The van der Waals surface area contributed by atoms with Gasteiger partial charge in [-0.3, -0.25) is 4.79 Å². The van der Waals surface area contributed by atoms with Gasteiger partial charge in [0.25, 0.3) is 0 Å². The van der Waals surface area contributed by atoms with Crippen molar-refractivity contribution >= 4 is 5.78 Å². The fourth-order valence-corrected chi connectivity index (χ4v) is 6.63. The average molecular weight is 304 g/mol. The molecule has 122 valence electrons. The van der Waals surface area contributed by atoms with Crippen LogP contribution in [0.25, 0.3) is 0 Å². The summed E-state index contributed by atoms with van der Waals surface area (Å²) in [6.07, 6.45) is 9.49. The molecular formula is C19H28O3. The normalized spacial score (nSPS) is 50.9. The summed E-state index contributed by atoms with van der Waals surface area (Å²) in [4.78, 5) is 11.8. The highest BCUT2D eigenvalue weighted by atomic mass is 16.3. The molecule has 0 bridgehead atoms. The van der Waals surface area contributed by atoms with E-state index in [2.05, 4.69) is 6.92 Å². The summed E-state index contributed by atoms with van der Waals surface area (Å²) in [7, 11) is 0. The Hall–Kier alpha value is -0.670. The van der Waals surface area contributed by atoms with E-state index in [-0.39, 0.29) is 29.3 Å². The van der Waals surface area contributed by atoms with Crippen molar-refractivity contribution in [1.82, 2.24) is 0 Å². The number of fused-ring (bicyclic) bond motifs is 5. The second-order valence-electron chi connectivity index (χ2n) is 8.50. The van der Waals surface area contributed by atoms with Gasteiger partial charge in [-0.15, -0.1) is 0 Å². The zero-order chi connectivity index (χ0) is 15.5. The fraction of sp³-hybridized carbons (Fsp3) is 0.842. The highest BCUT2D eigenvalue weighted by molar-refractivity contribution is 5.91. The maximum Gasteiger partial charge on any atom is 0.155 e. The minimum atomic E-state index is -0.145. The first kappa shape index (κ1) is 14.9. The van der Waals surface area contributed by atoms with Gasteiger partial charge in [0.1, 0.15) is 0 Å². The first-order chi connectivity index (χ1) is 10.5. The zero-order valence-corrected chi connectivity index (χ0v) is 13.6. The third kappa shape index (κ3) is 1.78. The Balaban J connectivity index is 1.71. The van der Waals surface area contributed by atoms with Gasteiger partial charge >= 0.3 is 0 Å². The van der Waals surface area contributed by atoms with Gasteiger partial charge in [-0.1, -0.05) is 12.5 Å². The number of aliphatic hydroxyl groups excluding tert-OH is 2. The molecule has 3 fully saturated rings. The summed E-state index contributed by atoms with van der Waals surface area (Å²) >= 11 is 0. The number of rotatable bonds is 1. The molecule has 3 heteroatoms. The van der Waals surface area contributed by atoms with Crippen LogP contribution in [0.5, 0.6) is 0 Å². The fourth-order valence-electron chi connectivity index (χ4n) is 6.63. The molecule has 0 spiro atoms. The summed E-state index contributed by atoms with van der Waals surface area (Å²) in [5, 5.41) is 20.7. The van der Waals surface area contributed by atoms with Crippen LogP contribution in [0.3, 0.4) is 0 Å². The van der Waals surface area contributed by atoms with E-state index in [4.69, 9.17) is 0 Å². The SMILES string of the molecule is C[C@]12CC[C@H]3[C@@H](CCC4=CC(=O)CC[C@@]43CO)[C@@H]1CC[C@H]2O. The molecule has 22 heavy (non-hydrogen) atoms. The summed E-state index contributed by atoms with van der Waals surface area (Å²) in [6, 6.07) is 0. The molecule has 0 aromatic rings. The van der Waals surface area contributed by atoms with Gasteiger partial charge in [0.15, 0.2) is 5.78 Å². The van der Waals surface area contributed by atoms with Crippen molar-refractivity contribution in [3.8, 4) is 0 Å². The Morgan fingerprint density at radius 3 is 2.73 bits per heavy atom. The molecule has 2 N–H and O–H groups in total. The van der Waals surface area contributed by atoms with E-state index in [1.54, 1.807) is 0 Å². The largest absolute Gasteiger partial charge is 0.395 e. The highest BCUT2D eigenvalue weighted by Gasteiger charge is 2.59. The monoisotopic (exact) mass is 304 g/mol. The van der Waals surface area contributed by atoms with E-state index in [0.717, 1.165) is 44.9 Å². The molecule has 4 rings (SSSR count). The molecule has 0 saturated heterocycles. The molecule has 3 nitrogen and oxygen atoms in total. The number of carbonyl (C=O) groups is 1. The Bertz CT molecular complexity index is 525. The molecule has 0 amide bonds. The van der Waals surface area contributed by atoms with Gasteiger partial charge in [0, 0.05) is 11.8 Å². The lowest BCUT2D eigenvalue weighted by molar-refractivity contribution is -0.120. The standard InChI is InChI=1S/C19H28O3/c1-18-8-7-16-14(15(18)4-5-17(18)22)3-2-12-10-13(21)6-9-19(12,16)11-20/h10,14-17,20,22H,2-9,11H2,1H3/t14-,15-,16-,17+,18-,19+/m0/s1. The number of hydrogen-bond donors (Lipinski definition) is 2. The quantitative estimate of drug-likeness (QED) is 0.783. The maximum absolute atomic E-state index is 11.8. The first-order valence-electron chi connectivity index (χ1n) is 9.04. The molecule has 3 saturated carbocycles. The maximum atomic E-state index is 11.8. The molecule has 0 aliphatic heterocycles. The van der Waals surface area contributed by atoms with Crippen molar-refractivity contribution in [2.24, 2.45) is 28.6 Å². The Kier molecular flexibility index (Phi) is 3.32. The number of hydrogen-bond acceptors (Lipinski definition) is 3. The van der Waals surface area contributed by atoms with Gasteiger partial charge in [-0.2, -0.15) is 0 Å². The van der Waals surface area contributed by atoms with Crippen LogP contribution in [0.1, 0.15) is 58.3 Å². The average Bonchev–Trinajstić information content (AvgIpc) is 2.82. The van der Waals surface area contributed by atoms with Crippen molar-refractivity contribution in [3.63, 3.8) is 0 Å². The Morgan fingerprint density at radius 2 is 1.95 bits per heavy atom. The smallest absolute Gasteiger partial charge is 0.155 e. The van der Waals surface area contributed by atoms with Crippen LogP contribution in [-0.4, -0.2) is 28.7 Å². The van der Waals surface area contributed by atoms with Crippen molar-refractivity contribution in [3.05, 3.63) is 11.6 Å². The molecule has 4 aliphatic carbocycles. The molecule has 0 unspecified atom stereocenters. The molecule has 0 heterocycles. The summed E-state index contributed by atoms with van der Waals surface area (Å²) in [5.74, 6) is 1.97. The summed E-state index contributed by atoms with van der Waals surface area (Å²) in [5.41, 5.74) is 1.18. The predicted octanol–water partition coefficient (Wildman–Crippen LogP) is 2.85. The Labute approximate surface area is 132 Å². The van der Waals surface area contributed by atoms with E-state index in [1.165, 1.54) is 5.57 Å². The van der Waals surface area contributed by atoms with Crippen LogP contribution < -0.4 is 0 Å². The van der Waals surface area contributed by atoms with Crippen molar-refractivity contribution in [2.45, 2.75) is 64.4 Å². The molecule has 0 radical (unpaired) electrons. The third-order valence-corrected chi connectivity index (χ3v) is 7.92. The minimum absolute atomic E-state index is 0.0868. The lowest BCUT2D eigenvalue weighted by Gasteiger charge is -2.58. The highest BCUT2D eigenvalue weighted by Crippen LogP contribution is 2.65. The van der Waals surface area contributed by atoms with Gasteiger partial charge in [0.05, 0.1) is 12.7 Å². The number of carbonyl (C=O) groups excluding carboxylic acids is 1. The van der Waals surface area contributed by atoms with E-state index in [9.17, 15) is 15.0 Å². The van der Waals surface area contributed by atoms with Crippen LogP contribution in [0.4, 0.5) is 0 Å². The van der Waals surface area contributed by atoms with E-state index in [0.29, 0.717) is 24.2 Å². The molecule has 4 aliphatic rings. The van der Waals surface area contributed by atoms with Crippen molar-refractivity contribution < 1.29 is 15.0 Å². The third-order valence-electron chi connectivity index (χ3n) is 7.92. The molecule has 6 atom stereocenters. The van der Waals surface area contributed by atoms with Crippen LogP contribution >= 0.6 is 0 Å². The van der Waals surface area contributed by atoms with Gasteiger partial charge < -0.3 is 10.2 Å². The first-order valence-corrected chi connectivity index (χ1v) is 9.04. The molecule has 0 aromatic heterocycles. The van der Waals surface area contributed by atoms with Gasteiger partial charge in [-0.05, 0) is 74.2 Å². The van der Waals surface area contributed by atoms with Crippen molar-refractivity contribution in [1.29, 1.82) is 0 Å². The topological polar surface area (TPSA) is 57.5 Å². The second kappa shape index (κ2) is 4.91. The number of aliphatic hydroxyl groups is 2. The van der Waals surface area contributed by atoms with E-state index < -0.39 is 0 Å². The summed E-state index contributed by atoms with van der Waals surface area (Å²) in [6.45, 7) is 2.48. The minimum Gasteiger partial charge on any atom is -0.395 e. The van der Waals surface area contributed by atoms with Gasteiger partial charge in [0.2, 0.25) is 0 Å². The van der Waals surface area contributed by atoms with Gasteiger partial charge in [-0.25, -0.2) is 0 Å². The number of ketones is 1. The zero-order valence-electron chi connectivity index (χ0n) is 13.6. The Morgan fingerprint density at radius 1 is 1.14 bits per heavy atom. The molecule has 0 aromatic carbocycles. The van der Waals surface area contributed by atoms with E-state index >= 15 is 0 Å². The van der Waals surface area contributed by atoms with Crippen LogP contribution in [-0.2, 0) is 4.79 Å². The summed E-state index contributed by atoms with van der Waals surface area (Å²) < 4.78 is 0. The molecular weight excluding hydrogens is 276 g/mol. The van der Waals surface area contributed by atoms with Crippen molar-refractivity contribution in [2.75, 3.05) is 6.61 Å². The lowest BCUT2D eigenvalue weighted by Crippen LogP contribution is -2.53. The van der Waals surface area contributed by atoms with Crippen LogP contribution in [0.15, 0.2) is 11.6 Å². The van der Waals surface area contributed by atoms with Crippen LogP contribution in [0, 0.1) is 28.6 Å². The van der Waals surface area contributed by atoms with E-state index in [1.807, 2.05) is 6.08 Å². The second-order valence-corrected chi connectivity index (χ2v) is 8.50.